The summed E-state index contributed by atoms with van der Waals surface area (Å²) >= 11 is 5.86. The number of carbonyl (C=O) groups excluding carboxylic acids is 1. The van der Waals surface area contributed by atoms with E-state index in [1.807, 2.05) is 6.07 Å². The summed E-state index contributed by atoms with van der Waals surface area (Å²) in [5.74, 6) is 4.81. The van der Waals surface area contributed by atoms with Gasteiger partial charge in [0, 0.05) is 30.1 Å². The summed E-state index contributed by atoms with van der Waals surface area (Å²) in [6.45, 7) is 0.479. The van der Waals surface area contributed by atoms with Crippen LogP contribution in [0.3, 0.4) is 0 Å². The van der Waals surface area contributed by atoms with E-state index in [0.717, 1.165) is 5.56 Å². The highest BCUT2D eigenvalue weighted by Crippen LogP contribution is 2.09. The molecule has 1 amide bonds. The van der Waals surface area contributed by atoms with Gasteiger partial charge in [0.25, 0.3) is 5.91 Å². The zero-order valence-electron chi connectivity index (χ0n) is 12.1. The maximum Gasteiger partial charge on any atom is 0.298 e. The molecule has 112 valence electrons. The Labute approximate surface area is 134 Å². The summed E-state index contributed by atoms with van der Waals surface area (Å²) in [6.07, 6.45) is 0.582. The predicted molar refractivity (Wildman–Crippen MR) is 86.1 cm³/mol. The maximum absolute atomic E-state index is 13.1. The largest absolute Gasteiger partial charge is 0.335 e. The van der Waals surface area contributed by atoms with Gasteiger partial charge < -0.3 is 4.90 Å². The molecule has 0 saturated heterocycles. The topological polar surface area (TPSA) is 20.3 Å². The number of hydrogen-bond donors (Lipinski definition) is 0. The Balaban J connectivity index is 1.93. The highest BCUT2D eigenvalue weighted by molar-refractivity contribution is 6.30. The fourth-order valence-corrected chi connectivity index (χ4v) is 2.07. The Morgan fingerprint density at radius 1 is 1.23 bits per heavy atom. The predicted octanol–water partition coefficient (Wildman–Crippen LogP) is 3.53. The van der Waals surface area contributed by atoms with Crippen LogP contribution in [-0.4, -0.2) is 24.4 Å². The Kier molecular flexibility index (Phi) is 5.57. The standard InChI is InChI=1S/C18H15ClFNO/c1-21(11-10-15-5-3-7-17(20)13-15)18(22)9-8-14-4-2-6-16(19)12-14/h2-7,12-13H,10-11H2,1H3. The van der Waals surface area contributed by atoms with Crippen LogP contribution >= 0.6 is 11.6 Å². The van der Waals surface area contributed by atoms with E-state index in [1.165, 1.54) is 17.0 Å². The Hall–Kier alpha value is -2.31. The number of hydrogen-bond acceptors (Lipinski definition) is 1. The van der Waals surface area contributed by atoms with Crippen LogP contribution in [0.4, 0.5) is 4.39 Å². The first kappa shape index (κ1) is 16.1. The molecule has 0 spiro atoms. The average Bonchev–Trinajstić information content (AvgIpc) is 2.50. The fraction of sp³-hybridized carbons (Fsp3) is 0.167. The van der Waals surface area contributed by atoms with Gasteiger partial charge in [0.1, 0.15) is 5.82 Å². The lowest BCUT2D eigenvalue weighted by Gasteiger charge is -2.13. The van der Waals surface area contributed by atoms with Crippen LogP contribution in [0.2, 0.25) is 5.02 Å². The molecule has 22 heavy (non-hydrogen) atoms. The summed E-state index contributed by atoms with van der Waals surface area (Å²) in [4.78, 5) is 13.5. The van der Waals surface area contributed by atoms with Crippen molar-refractivity contribution in [1.82, 2.24) is 4.90 Å². The third-order valence-corrected chi connectivity index (χ3v) is 3.35. The van der Waals surface area contributed by atoms with E-state index in [2.05, 4.69) is 11.8 Å². The fourth-order valence-electron chi connectivity index (χ4n) is 1.88. The number of rotatable bonds is 3. The van der Waals surface area contributed by atoms with Crippen LogP contribution in [0, 0.1) is 17.7 Å². The van der Waals surface area contributed by atoms with Crippen molar-refractivity contribution in [2.75, 3.05) is 13.6 Å². The van der Waals surface area contributed by atoms with Crippen molar-refractivity contribution in [3.05, 3.63) is 70.5 Å². The van der Waals surface area contributed by atoms with E-state index in [-0.39, 0.29) is 11.7 Å². The van der Waals surface area contributed by atoms with Gasteiger partial charge in [0.2, 0.25) is 0 Å². The molecule has 0 saturated carbocycles. The molecular formula is C18H15ClFNO. The van der Waals surface area contributed by atoms with Crippen molar-refractivity contribution < 1.29 is 9.18 Å². The monoisotopic (exact) mass is 315 g/mol. The maximum atomic E-state index is 13.1. The van der Waals surface area contributed by atoms with Crippen LogP contribution < -0.4 is 0 Å². The number of halogens is 2. The van der Waals surface area contributed by atoms with Gasteiger partial charge in [-0.3, -0.25) is 4.79 Å². The third-order valence-electron chi connectivity index (χ3n) is 3.11. The van der Waals surface area contributed by atoms with Crippen molar-refractivity contribution in [2.24, 2.45) is 0 Å². The molecule has 2 rings (SSSR count). The Bertz CT molecular complexity index is 733. The molecule has 2 aromatic carbocycles. The van der Waals surface area contributed by atoms with Crippen LogP contribution in [0.1, 0.15) is 11.1 Å². The normalized spacial score (nSPS) is 9.77. The molecule has 0 atom stereocenters. The molecule has 0 bridgehead atoms. The van der Waals surface area contributed by atoms with E-state index < -0.39 is 0 Å². The van der Waals surface area contributed by atoms with E-state index >= 15 is 0 Å². The SMILES string of the molecule is CN(CCc1cccc(F)c1)C(=O)C#Cc1cccc(Cl)c1. The number of nitrogens with zero attached hydrogens (tertiary/aromatic N) is 1. The average molecular weight is 316 g/mol. The first-order valence-electron chi connectivity index (χ1n) is 6.82. The van der Waals surface area contributed by atoms with Gasteiger partial charge in [0.15, 0.2) is 0 Å². The van der Waals surface area contributed by atoms with Crippen molar-refractivity contribution in [1.29, 1.82) is 0 Å². The van der Waals surface area contributed by atoms with Crippen LogP contribution in [0.25, 0.3) is 0 Å². The van der Waals surface area contributed by atoms with Gasteiger partial charge in [-0.1, -0.05) is 35.7 Å². The minimum Gasteiger partial charge on any atom is -0.335 e. The van der Waals surface area contributed by atoms with Gasteiger partial charge in [-0.15, -0.1) is 0 Å². The van der Waals surface area contributed by atoms with E-state index in [1.54, 1.807) is 37.4 Å². The molecule has 4 heteroatoms. The number of likely N-dealkylation sites (N-methyl/N-ethyl adjacent to an activating group) is 1. The van der Waals surface area contributed by atoms with Gasteiger partial charge in [-0.2, -0.15) is 0 Å². The summed E-state index contributed by atoms with van der Waals surface area (Å²) in [5, 5.41) is 0.582. The molecule has 0 N–H and O–H groups in total. The minimum absolute atomic E-state index is 0.271. The van der Waals surface area contributed by atoms with E-state index in [4.69, 9.17) is 11.6 Å². The molecule has 2 aromatic rings. The summed E-state index contributed by atoms with van der Waals surface area (Å²) < 4.78 is 13.1. The van der Waals surface area contributed by atoms with E-state index in [9.17, 15) is 9.18 Å². The number of amides is 1. The smallest absolute Gasteiger partial charge is 0.298 e. The van der Waals surface area contributed by atoms with Crippen LogP contribution in [-0.2, 0) is 11.2 Å². The summed E-state index contributed by atoms with van der Waals surface area (Å²) in [6, 6.07) is 13.4. The Morgan fingerprint density at radius 3 is 2.73 bits per heavy atom. The number of benzene rings is 2. The molecule has 0 aliphatic carbocycles. The second-order valence-corrected chi connectivity index (χ2v) is 5.30. The summed E-state index contributed by atoms with van der Waals surface area (Å²) in [5.41, 5.74) is 1.54. The third kappa shape index (κ3) is 4.91. The molecule has 0 heterocycles. The van der Waals surface area contributed by atoms with Gasteiger partial charge in [0.05, 0.1) is 0 Å². The lowest BCUT2D eigenvalue weighted by Crippen LogP contribution is -2.27. The van der Waals surface area contributed by atoms with Gasteiger partial charge >= 0.3 is 0 Å². The molecular weight excluding hydrogens is 301 g/mol. The van der Waals surface area contributed by atoms with Gasteiger partial charge in [-0.25, -0.2) is 4.39 Å². The summed E-state index contributed by atoms with van der Waals surface area (Å²) in [7, 11) is 1.67. The molecule has 2 nitrogen and oxygen atoms in total. The zero-order valence-corrected chi connectivity index (χ0v) is 12.9. The van der Waals surface area contributed by atoms with Crippen molar-refractivity contribution in [3.8, 4) is 11.8 Å². The second-order valence-electron chi connectivity index (χ2n) is 4.87. The second kappa shape index (κ2) is 7.63. The highest BCUT2D eigenvalue weighted by atomic mass is 35.5. The molecule has 0 aliphatic rings. The lowest BCUT2D eigenvalue weighted by atomic mass is 10.1. The van der Waals surface area contributed by atoms with E-state index in [0.29, 0.717) is 23.6 Å². The Morgan fingerprint density at radius 2 is 2.00 bits per heavy atom. The van der Waals surface area contributed by atoms with Crippen molar-refractivity contribution in [3.63, 3.8) is 0 Å². The minimum atomic E-state index is -0.281. The molecule has 0 aliphatic heterocycles. The molecule has 0 fully saturated rings. The lowest BCUT2D eigenvalue weighted by molar-refractivity contribution is -0.123. The highest BCUT2D eigenvalue weighted by Gasteiger charge is 2.05. The van der Waals surface area contributed by atoms with Crippen molar-refractivity contribution in [2.45, 2.75) is 6.42 Å². The van der Waals surface area contributed by atoms with Crippen LogP contribution in [0.5, 0.6) is 0 Å². The zero-order chi connectivity index (χ0) is 15.9. The number of carbonyl (C=O) groups is 1. The molecule has 0 radical (unpaired) electrons. The van der Waals surface area contributed by atoms with Crippen LogP contribution in [0.15, 0.2) is 48.5 Å². The first-order valence-corrected chi connectivity index (χ1v) is 7.19. The van der Waals surface area contributed by atoms with Gasteiger partial charge in [-0.05, 0) is 42.3 Å². The first-order chi connectivity index (χ1) is 10.5. The molecule has 0 aromatic heterocycles. The molecule has 0 unspecified atom stereocenters. The quantitative estimate of drug-likeness (QED) is 0.793. The van der Waals surface area contributed by atoms with Crippen molar-refractivity contribution >= 4 is 17.5 Å².